The van der Waals surface area contributed by atoms with Gasteiger partial charge in [0.15, 0.2) is 0 Å². The monoisotopic (exact) mass is 267 g/mol. The van der Waals surface area contributed by atoms with Crippen molar-refractivity contribution in [2.24, 2.45) is 5.92 Å². The first kappa shape index (κ1) is 13.2. The number of amides is 1. The second-order valence-electron chi connectivity index (χ2n) is 4.58. The Bertz CT molecular complexity index is 405. The van der Waals surface area contributed by atoms with Crippen molar-refractivity contribution in [3.8, 4) is 5.75 Å². The lowest BCUT2D eigenvalue weighted by atomic mass is 10.1. The smallest absolute Gasteiger partial charge is 0.223 e. The minimum atomic E-state index is 0.203. The molecule has 2 rings (SSSR count). The van der Waals surface area contributed by atoms with Gasteiger partial charge in [0.25, 0.3) is 0 Å². The Morgan fingerprint density at radius 3 is 2.67 bits per heavy atom. The van der Waals surface area contributed by atoms with E-state index < -0.39 is 0 Å². The van der Waals surface area contributed by atoms with Crippen LogP contribution in [-0.4, -0.2) is 29.8 Å². The van der Waals surface area contributed by atoms with Gasteiger partial charge in [-0.2, -0.15) is 0 Å². The predicted octanol–water partition coefficient (Wildman–Crippen LogP) is 2.67. The summed E-state index contributed by atoms with van der Waals surface area (Å²) in [6.45, 7) is 4.07. The molecule has 1 heterocycles. The van der Waals surface area contributed by atoms with E-state index >= 15 is 0 Å². The number of likely N-dealkylation sites (tertiary alicyclic amines) is 1. The maximum atomic E-state index is 11.8. The topological polar surface area (TPSA) is 29.5 Å². The highest BCUT2D eigenvalue weighted by Gasteiger charge is 2.28. The summed E-state index contributed by atoms with van der Waals surface area (Å²) in [5, 5.41) is 0. The Labute approximate surface area is 113 Å². The molecule has 4 heteroatoms. The van der Waals surface area contributed by atoms with Crippen molar-refractivity contribution in [1.29, 1.82) is 0 Å². The van der Waals surface area contributed by atoms with Gasteiger partial charge in [0.05, 0.1) is 6.61 Å². The molecule has 98 valence electrons. The average molecular weight is 268 g/mol. The molecule has 0 N–H and O–H groups in total. The molecule has 0 aromatic heterocycles. The van der Waals surface area contributed by atoms with Crippen molar-refractivity contribution in [3.05, 3.63) is 29.8 Å². The van der Waals surface area contributed by atoms with E-state index in [1.165, 1.54) is 0 Å². The quantitative estimate of drug-likeness (QED) is 0.768. The molecule has 0 bridgehead atoms. The van der Waals surface area contributed by atoms with Crippen LogP contribution in [0.15, 0.2) is 24.3 Å². The third-order valence-corrected chi connectivity index (χ3v) is 3.56. The minimum Gasteiger partial charge on any atom is -0.494 e. The largest absolute Gasteiger partial charge is 0.494 e. The average Bonchev–Trinajstić information content (AvgIpc) is 2.73. The molecular weight excluding hydrogens is 250 g/mol. The summed E-state index contributed by atoms with van der Waals surface area (Å²) in [7, 11) is 0. The molecule has 1 aliphatic rings. The van der Waals surface area contributed by atoms with Crippen LogP contribution in [0, 0.1) is 5.92 Å². The lowest BCUT2D eigenvalue weighted by Gasteiger charge is -2.16. The van der Waals surface area contributed by atoms with Crippen LogP contribution in [0.5, 0.6) is 5.75 Å². The Hall–Kier alpha value is -1.22. The summed E-state index contributed by atoms with van der Waals surface area (Å²) in [4.78, 5) is 13.6. The van der Waals surface area contributed by atoms with Gasteiger partial charge in [0.2, 0.25) is 5.91 Å². The van der Waals surface area contributed by atoms with Crippen molar-refractivity contribution in [2.75, 3.05) is 19.0 Å². The van der Waals surface area contributed by atoms with Gasteiger partial charge in [0.1, 0.15) is 5.75 Å². The van der Waals surface area contributed by atoms with Crippen LogP contribution < -0.4 is 4.74 Å². The normalized spacial score (nSPS) is 19.3. The molecule has 1 fully saturated rings. The van der Waals surface area contributed by atoms with Crippen molar-refractivity contribution in [3.63, 3.8) is 0 Å². The zero-order chi connectivity index (χ0) is 13.0. The number of rotatable bonds is 5. The molecule has 1 aliphatic heterocycles. The SMILES string of the molecule is CCOc1ccc(CN2CC(CCl)CC2=O)cc1. The van der Waals surface area contributed by atoms with Crippen LogP contribution in [0.3, 0.4) is 0 Å². The molecule has 0 saturated carbocycles. The summed E-state index contributed by atoms with van der Waals surface area (Å²) < 4.78 is 5.39. The number of hydrogen-bond donors (Lipinski definition) is 0. The van der Waals surface area contributed by atoms with Crippen LogP contribution in [0.1, 0.15) is 18.9 Å². The van der Waals surface area contributed by atoms with E-state index in [4.69, 9.17) is 16.3 Å². The second kappa shape index (κ2) is 6.10. The van der Waals surface area contributed by atoms with Crippen LogP contribution in [0.25, 0.3) is 0 Å². The van der Waals surface area contributed by atoms with Crippen molar-refractivity contribution in [2.45, 2.75) is 19.9 Å². The zero-order valence-corrected chi connectivity index (χ0v) is 11.3. The van der Waals surface area contributed by atoms with Gasteiger partial charge in [-0.3, -0.25) is 4.79 Å². The van der Waals surface area contributed by atoms with E-state index in [0.29, 0.717) is 31.4 Å². The van der Waals surface area contributed by atoms with E-state index in [0.717, 1.165) is 17.9 Å². The summed E-state index contributed by atoms with van der Waals surface area (Å²) >= 11 is 5.80. The fraction of sp³-hybridized carbons (Fsp3) is 0.500. The van der Waals surface area contributed by atoms with Crippen LogP contribution in [0.2, 0.25) is 0 Å². The van der Waals surface area contributed by atoms with Crippen LogP contribution in [0.4, 0.5) is 0 Å². The molecule has 0 aliphatic carbocycles. The number of carbonyl (C=O) groups is 1. The molecule has 0 radical (unpaired) electrons. The van der Waals surface area contributed by atoms with Crippen molar-refractivity contribution in [1.82, 2.24) is 4.90 Å². The third-order valence-electron chi connectivity index (χ3n) is 3.12. The maximum Gasteiger partial charge on any atom is 0.223 e. The van der Waals surface area contributed by atoms with Crippen LogP contribution >= 0.6 is 11.6 Å². The molecule has 0 spiro atoms. The second-order valence-corrected chi connectivity index (χ2v) is 4.88. The Kier molecular flexibility index (Phi) is 4.48. The van der Waals surface area contributed by atoms with Gasteiger partial charge in [-0.25, -0.2) is 0 Å². The van der Waals surface area contributed by atoms with Gasteiger partial charge >= 0.3 is 0 Å². The minimum absolute atomic E-state index is 0.203. The molecule has 1 saturated heterocycles. The molecule has 1 unspecified atom stereocenters. The molecule has 18 heavy (non-hydrogen) atoms. The lowest BCUT2D eigenvalue weighted by Crippen LogP contribution is -2.24. The molecule has 1 amide bonds. The number of nitrogens with zero attached hydrogens (tertiary/aromatic N) is 1. The molecule has 1 aromatic carbocycles. The number of ether oxygens (including phenoxy) is 1. The third kappa shape index (κ3) is 3.16. The first-order valence-electron chi connectivity index (χ1n) is 6.28. The summed E-state index contributed by atoms with van der Waals surface area (Å²) in [5.41, 5.74) is 1.13. The predicted molar refractivity (Wildman–Crippen MR) is 71.9 cm³/mol. The summed E-state index contributed by atoms with van der Waals surface area (Å²) in [6, 6.07) is 7.90. The van der Waals surface area contributed by atoms with Gasteiger partial charge in [0, 0.05) is 25.4 Å². The highest BCUT2D eigenvalue weighted by Crippen LogP contribution is 2.22. The standard InChI is InChI=1S/C14H18ClNO2/c1-2-18-13-5-3-11(4-6-13)9-16-10-12(8-15)7-14(16)17/h3-6,12H,2,7-10H2,1H3. The fourth-order valence-corrected chi connectivity index (χ4v) is 2.40. The van der Waals surface area contributed by atoms with E-state index in [1.54, 1.807) is 0 Å². The highest BCUT2D eigenvalue weighted by atomic mass is 35.5. The highest BCUT2D eigenvalue weighted by molar-refractivity contribution is 6.18. The van der Waals surface area contributed by atoms with E-state index in [1.807, 2.05) is 36.1 Å². The number of benzene rings is 1. The van der Waals surface area contributed by atoms with Gasteiger partial charge in [-0.15, -0.1) is 11.6 Å². The first-order valence-corrected chi connectivity index (χ1v) is 6.82. The van der Waals surface area contributed by atoms with Crippen molar-refractivity contribution >= 4 is 17.5 Å². The Morgan fingerprint density at radius 2 is 2.11 bits per heavy atom. The van der Waals surface area contributed by atoms with Gasteiger partial charge in [-0.1, -0.05) is 12.1 Å². The van der Waals surface area contributed by atoms with Crippen molar-refractivity contribution < 1.29 is 9.53 Å². The number of alkyl halides is 1. The number of carbonyl (C=O) groups excluding carboxylic acids is 1. The molecule has 1 aromatic rings. The number of halogens is 1. The molecule has 1 atom stereocenters. The fourth-order valence-electron chi connectivity index (χ4n) is 2.19. The first-order chi connectivity index (χ1) is 8.72. The van der Waals surface area contributed by atoms with E-state index in [-0.39, 0.29) is 5.91 Å². The van der Waals surface area contributed by atoms with Gasteiger partial charge in [-0.05, 0) is 30.5 Å². The molecular formula is C14H18ClNO2. The van der Waals surface area contributed by atoms with Gasteiger partial charge < -0.3 is 9.64 Å². The van der Waals surface area contributed by atoms with E-state index in [2.05, 4.69) is 0 Å². The Balaban J connectivity index is 1.95. The van der Waals surface area contributed by atoms with Crippen LogP contribution in [-0.2, 0) is 11.3 Å². The number of hydrogen-bond acceptors (Lipinski definition) is 2. The maximum absolute atomic E-state index is 11.8. The summed E-state index contributed by atoms with van der Waals surface area (Å²) in [6.07, 6.45) is 0.584. The zero-order valence-electron chi connectivity index (χ0n) is 10.6. The Morgan fingerprint density at radius 1 is 1.39 bits per heavy atom. The van der Waals surface area contributed by atoms with E-state index in [9.17, 15) is 4.79 Å². The summed E-state index contributed by atoms with van der Waals surface area (Å²) in [5.74, 6) is 1.94. The molecule has 3 nitrogen and oxygen atoms in total. The lowest BCUT2D eigenvalue weighted by molar-refractivity contribution is -0.128.